The van der Waals surface area contributed by atoms with Gasteiger partial charge < -0.3 is 9.72 Å². The minimum absolute atomic E-state index is 0.0617. The zero-order valence-corrected chi connectivity index (χ0v) is 15.3. The summed E-state index contributed by atoms with van der Waals surface area (Å²) in [5.74, 6) is -7.90. The van der Waals surface area contributed by atoms with Crippen molar-refractivity contribution in [3.05, 3.63) is 61.1 Å². The molecule has 0 aliphatic rings. The summed E-state index contributed by atoms with van der Waals surface area (Å²) in [5, 5.41) is -0.443. The van der Waals surface area contributed by atoms with E-state index in [4.69, 9.17) is 16.3 Å². The topological polar surface area (TPSA) is 81.2 Å². The molecule has 0 aliphatic carbocycles. The van der Waals surface area contributed by atoms with Gasteiger partial charge in [-0.25, -0.2) is 18.5 Å². The number of hydrogen-bond donors (Lipinski definition) is 1. The standard InChI is InChI=1S/C16H11ClF6N2O4/c1-6(2)29-13(27)7-3-10(9(18)4-8(7)17)25-12(26)5-11(24-14(25)28)15(19,20)16(21,22)23/h3-6H,1-2H3,(H,24,28). The van der Waals surface area contributed by atoms with Crippen molar-refractivity contribution in [2.75, 3.05) is 0 Å². The molecule has 0 aliphatic heterocycles. The Morgan fingerprint density at radius 2 is 1.72 bits per heavy atom. The number of H-pyrrole nitrogens is 1. The Bertz CT molecular complexity index is 1040. The molecule has 13 heteroatoms. The maximum absolute atomic E-state index is 14.2. The SMILES string of the molecule is CC(C)OC(=O)c1cc(-n2c(=O)cc(C(F)(F)C(F)(F)F)[nH]c2=O)c(F)cc1Cl. The van der Waals surface area contributed by atoms with Gasteiger partial charge in [-0.2, -0.15) is 22.0 Å². The average Bonchev–Trinajstić information content (AvgIpc) is 2.54. The van der Waals surface area contributed by atoms with Crippen LogP contribution < -0.4 is 11.2 Å². The van der Waals surface area contributed by atoms with E-state index in [0.717, 1.165) is 0 Å². The number of ether oxygens (including phenoxy) is 1. The van der Waals surface area contributed by atoms with Crippen LogP contribution in [0, 0.1) is 5.82 Å². The minimum Gasteiger partial charge on any atom is -0.459 e. The van der Waals surface area contributed by atoms with Gasteiger partial charge >= 0.3 is 23.8 Å². The molecule has 1 aromatic carbocycles. The second kappa shape index (κ2) is 7.58. The quantitative estimate of drug-likeness (QED) is 0.578. The molecule has 0 amide bonds. The number of nitrogens with one attached hydrogen (secondary N) is 1. The molecule has 1 N–H and O–H groups in total. The van der Waals surface area contributed by atoms with E-state index >= 15 is 0 Å². The van der Waals surface area contributed by atoms with Gasteiger partial charge in [-0.3, -0.25) is 4.79 Å². The van der Waals surface area contributed by atoms with Crippen LogP contribution in [0.4, 0.5) is 26.3 Å². The summed E-state index contributed by atoms with van der Waals surface area (Å²) in [4.78, 5) is 37.3. The van der Waals surface area contributed by atoms with E-state index in [1.165, 1.54) is 18.8 Å². The van der Waals surface area contributed by atoms with Crippen LogP contribution in [0.5, 0.6) is 0 Å². The van der Waals surface area contributed by atoms with Gasteiger partial charge in [0.2, 0.25) is 0 Å². The van der Waals surface area contributed by atoms with Crippen molar-refractivity contribution in [2.45, 2.75) is 32.1 Å². The Morgan fingerprint density at radius 3 is 2.21 bits per heavy atom. The summed E-state index contributed by atoms with van der Waals surface area (Å²) >= 11 is 5.74. The highest BCUT2D eigenvalue weighted by Crippen LogP contribution is 2.42. The predicted molar refractivity (Wildman–Crippen MR) is 88.1 cm³/mol. The Kier molecular flexibility index (Phi) is 5.89. The first-order chi connectivity index (χ1) is 13.2. The summed E-state index contributed by atoms with van der Waals surface area (Å²) in [6.07, 6.45) is -6.70. The van der Waals surface area contributed by atoms with E-state index < -0.39 is 63.2 Å². The van der Waals surface area contributed by atoms with Crippen molar-refractivity contribution in [3.8, 4) is 5.69 Å². The number of carbonyl (C=O) groups is 1. The van der Waals surface area contributed by atoms with Crippen LogP contribution >= 0.6 is 11.6 Å². The van der Waals surface area contributed by atoms with Crippen LogP contribution in [0.25, 0.3) is 5.69 Å². The van der Waals surface area contributed by atoms with Crippen LogP contribution in [0.15, 0.2) is 27.8 Å². The average molecular weight is 445 g/mol. The normalized spacial score (nSPS) is 12.3. The number of carbonyl (C=O) groups excluding carboxylic acids is 1. The third kappa shape index (κ3) is 4.31. The first-order valence-electron chi connectivity index (χ1n) is 7.68. The fourth-order valence-electron chi connectivity index (χ4n) is 2.19. The van der Waals surface area contributed by atoms with E-state index in [1.807, 2.05) is 0 Å². The number of aromatic nitrogens is 2. The molecule has 0 saturated heterocycles. The number of rotatable bonds is 4. The molecule has 1 heterocycles. The van der Waals surface area contributed by atoms with Crippen LogP contribution in [-0.4, -0.2) is 27.8 Å². The molecule has 29 heavy (non-hydrogen) atoms. The predicted octanol–water partition coefficient (Wildman–Crippen LogP) is 3.54. The molecule has 0 spiro atoms. The monoisotopic (exact) mass is 444 g/mol. The van der Waals surface area contributed by atoms with Gasteiger partial charge in [-0.15, -0.1) is 0 Å². The number of esters is 1. The van der Waals surface area contributed by atoms with Gasteiger partial charge in [-0.1, -0.05) is 11.6 Å². The van der Waals surface area contributed by atoms with Gasteiger partial charge in [0.25, 0.3) is 5.56 Å². The molecule has 2 aromatic rings. The fourth-order valence-corrected chi connectivity index (χ4v) is 2.42. The molecule has 0 saturated carbocycles. The van der Waals surface area contributed by atoms with Crippen LogP contribution in [-0.2, 0) is 10.7 Å². The Hall–Kier alpha value is -2.76. The number of aromatic amines is 1. The van der Waals surface area contributed by atoms with Crippen molar-refractivity contribution in [1.82, 2.24) is 9.55 Å². The fraction of sp³-hybridized carbons (Fsp3) is 0.312. The first-order valence-corrected chi connectivity index (χ1v) is 8.06. The molecule has 0 unspecified atom stereocenters. The number of alkyl halides is 5. The van der Waals surface area contributed by atoms with Crippen molar-refractivity contribution in [3.63, 3.8) is 0 Å². The summed E-state index contributed by atoms with van der Waals surface area (Å²) in [5.41, 5.74) is -6.88. The van der Waals surface area contributed by atoms with Gasteiger partial charge in [-0.05, 0) is 26.0 Å². The van der Waals surface area contributed by atoms with Crippen molar-refractivity contribution in [2.24, 2.45) is 0 Å². The lowest BCUT2D eigenvalue weighted by atomic mass is 10.1. The molecule has 6 nitrogen and oxygen atoms in total. The van der Waals surface area contributed by atoms with Gasteiger partial charge in [0.1, 0.15) is 11.5 Å². The lowest BCUT2D eigenvalue weighted by Gasteiger charge is -2.19. The van der Waals surface area contributed by atoms with E-state index in [9.17, 15) is 40.7 Å². The van der Waals surface area contributed by atoms with E-state index in [1.54, 1.807) is 0 Å². The third-order valence-corrected chi connectivity index (χ3v) is 3.78. The molecular formula is C16H11ClF6N2O4. The van der Waals surface area contributed by atoms with Crippen LogP contribution in [0.1, 0.15) is 29.9 Å². The summed E-state index contributed by atoms with van der Waals surface area (Å²) in [6, 6.07) is 0.994. The smallest absolute Gasteiger partial charge is 0.459 e. The molecule has 2 rings (SSSR count). The van der Waals surface area contributed by atoms with E-state index in [0.29, 0.717) is 12.1 Å². The molecule has 0 fully saturated rings. The first kappa shape index (κ1) is 22.5. The summed E-state index contributed by atoms with van der Waals surface area (Å²) < 4.78 is 83.2. The minimum atomic E-state index is -6.09. The van der Waals surface area contributed by atoms with Crippen molar-refractivity contribution >= 4 is 17.6 Å². The molecular weight excluding hydrogens is 434 g/mol. The number of hydrogen-bond acceptors (Lipinski definition) is 4. The lowest BCUT2D eigenvalue weighted by Crippen LogP contribution is -2.41. The molecule has 0 atom stereocenters. The molecule has 0 radical (unpaired) electrons. The highest BCUT2D eigenvalue weighted by Gasteiger charge is 2.59. The van der Waals surface area contributed by atoms with Gasteiger partial charge in [0.15, 0.2) is 0 Å². The maximum atomic E-state index is 14.2. The zero-order valence-electron chi connectivity index (χ0n) is 14.5. The molecule has 158 valence electrons. The largest absolute Gasteiger partial charge is 0.459 e. The Morgan fingerprint density at radius 1 is 1.14 bits per heavy atom. The lowest BCUT2D eigenvalue weighted by molar-refractivity contribution is -0.291. The second-order valence-corrected chi connectivity index (χ2v) is 6.38. The molecule has 1 aromatic heterocycles. The highest BCUT2D eigenvalue weighted by molar-refractivity contribution is 6.33. The third-order valence-electron chi connectivity index (χ3n) is 3.47. The summed E-state index contributed by atoms with van der Waals surface area (Å²) in [6.45, 7) is 2.98. The number of benzene rings is 1. The van der Waals surface area contributed by atoms with Gasteiger partial charge in [0.05, 0.1) is 22.4 Å². The zero-order chi connectivity index (χ0) is 22.3. The summed E-state index contributed by atoms with van der Waals surface area (Å²) in [7, 11) is 0. The van der Waals surface area contributed by atoms with Gasteiger partial charge in [0, 0.05) is 6.07 Å². The van der Waals surface area contributed by atoms with Crippen molar-refractivity contribution in [1.29, 1.82) is 0 Å². The Balaban J connectivity index is 2.69. The Labute approximate surface area is 162 Å². The maximum Gasteiger partial charge on any atom is 0.459 e. The van der Waals surface area contributed by atoms with Crippen molar-refractivity contribution < 1.29 is 35.9 Å². The second-order valence-electron chi connectivity index (χ2n) is 5.97. The number of halogens is 7. The van der Waals surface area contributed by atoms with E-state index in [-0.39, 0.29) is 10.6 Å². The highest BCUT2D eigenvalue weighted by atomic mass is 35.5. The van der Waals surface area contributed by atoms with E-state index in [2.05, 4.69) is 0 Å². The molecule has 0 bridgehead atoms. The van der Waals surface area contributed by atoms with Crippen LogP contribution in [0.3, 0.4) is 0 Å². The number of nitrogens with zero attached hydrogens (tertiary/aromatic N) is 1. The van der Waals surface area contributed by atoms with Crippen LogP contribution in [0.2, 0.25) is 5.02 Å².